The van der Waals surface area contributed by atoms with E-state index < -0.39 is 35.8 Å². The van der Waals surface area contributed by atoms with E-state index in [-0.39, 0.29) is 36.0 Å². The average Bonchev–Trinajstić information content (AvgIpc) is 3.18. The summed E-state index contributed by atoms with van der Waals surface area (Å²) in [5.41, 5.74) is 4.54. The van der Waals surface area contributed by atoms with E-state index in [4.69, 9.17) is 0 Å². The molecule has 8 nitrogen and oxygen atoms in total. The summed E-state index contributed by atoms with van der Waals surface area (Å²) < 4.78 is 0. The second kappa shape index (κ2) is 11.1. The fraction of sp³-hybridized carbons (Fsp3) is 0.304. The number of Topliss-reactive ketones (excluding diaryl/α,β-unsaturated/α-hetero) is 1. The zero-order chi connectivity index (χ0) is 23.6. The van der Waals surface area contributed by atoms with Gasteiger partial charge in [0, 0.05) is 23.7 Å². The van der Waals surface area contributed by atoms with Crippen LogP contribution in [0.3, 0.4) is 0 Å². The van der Waals surface area contributed by atoms with Gasteiger partial charge in [0.1, 0.15) is 0 Å². The van der Waals surface area contributed by atoms with E-state index in [1.807, 2.05) is 43.5 Å². The van der Waals surface area contributed by atoms with Crippen molar-refractivity contribution in [3.8, 4) is 11.1 Å². The van der Waals surface area contributed by atoms with Crippen molar-refractivity contribution in [2.75, 3.05) is 7.05 Å². The van der Waals surface area contributed by atoms with Gasteiger partial charge in [0.2, 0.25) is 0 Å². The molecule has 1 aliphatic heterocycles. The fourth-order valence-electron chi connectivity index (χ4n) is 3.75. The molecule has 0 saturated carbocycles. The van der Waals surface area contributed by atoms with Crippen molar-refractivity contribution in [3.63, 3.8) is 0 Å². The molecule has 1 aromatic carbocycles. The number of carboxylic acid groups (broad SMARTS) is 1. The number of rotatable bonds is 6. The number of nitrogens with one attached hydrogen (secondary N) is 2. The Morgan fingerprint density at radius 3 is 2.42 bits per heavy atom. The topological polar surface area (TPSA) is 116 Å². The zero-order valence-electron chi connectivity index (χ0n) is 18.3. The molecule has 0 radical (unpaired) electrons. The molecular formula is C23H26N3NaO5S. The second-order valence-electron chi connectivity index (χ2n) is 7.83. The van der Waals surface area contributed by atoms with E-state index >= 15 is 0 Å². The van der Waals surface area contributed by atoms with Crippen LogP contribution in [0.15, 0.2) is 41.4 Å². The summed E-state index contributed by atoms with van der Waals surface area (Å²) in [6.07, 6.45) is 1.07. The summed E-state index contributed by atoms with van der Waals surface area (Å²) in [6.45, 7) is 5.57. The molecule has 2 atom stereocenters. The molecule has 3 N–H and O–H groups in total. The van der Waals surface area contributed by atoms with Crippen molar-refractivity contribution in [1.29, 1.82) is 0 Å². The molecule has 1 unspecified atom stereocenters. The molecule has 0 spiro atoms. The van der Waals surface area contributed by atoms with Gasteiger partial charge in [-0.15, -0.1) is 11.3 Å². The van der Waals surface area contributed by atoms with Gasteiger partial charge in [-0.25, -0.2) is 4.79 Å². The van der Waals surface area contributed by atoms with Gasteiger partial charge in [0.15, 0.2) is 11.8 Å². The minimum absolute atomic E-state index is 0. The third-order valence-corrected chi connectivity index (χ3v) is 6.37. The first kappa shape index (κ1) is 26.8. The minimum atomic E-state index is -1.34. The summed E-state index contributed by atoms with van der Waals surface area (Å²) in [4.78, 5) is 50.6. The Labute approximate surface area is 218 Å². The Morgan fingerprint density at radius 1 is 1.18 bits per heavy atom. The van der Waals surface area contributed by atoms with Crippen LogP contribution in [0.4, 0.5) is 4.79 Å². The number of carbonyl (C=O) groups is 4. The van der Waals surface area contributed by atoms with Crippen LogP contribution in [0.1, 0.15) is 35.4 Å². The maximum absolute atomic E-state index is 12.6. The van der Waals surface area contributed by atoms with Crippen LogP contribution in [0.5, 0.6) is 0 Å². The van der Waals surface area contributed by atoms with E-state index in [1.165, 1.54) is 29.5 Å². The number of hydrogen-bond donors (Lipinski definition) is 3. The van der Waals surface area contributed by atoms with E-state index in [2.05, 4.69) is 10.6 Å². The SMILES string of the molecule is CC1=CN(C)C(=O)C(NC(=O)N[C@@H](CC(=O)O)c2cc(-c3c(C)cccc3C)cs2)C1=O.[NaH]. The number of aliphatic carboxylic acids is 1. The average molecular weight is 480 g/mol. The van der Waals surface area contributed by atoms with Crippen LogP contribution in [0, 0.1) is 13.8 Å². The van der Waals surface area contributed by atoms with Crippen molar-refractivity contribution < 1.29 is 24.3 Å². The summed E-state index contributed by atoms with van der Waals surface area (Å²) in [7, 11) is 1.50. The molecule has 10 heteroatoms. The van der Waals surface area contributed by atoms with Crippen LogP contribution in [-0.2, 0) is 14.4 Å². The standard InChI is InChI=1S/C23H25N3O5S.Na.H/c1-12-6-5-7-13(2)19(12)15-8-17(32-11-15)16(9-18(27)28)24-23(31)25-20-21(29)14(3)10-26(4)22(20)30;;/h5-8,10-11,16,20H,9H2,1-4H3,(H,27,28)(H2,24,25,31);;/t16-,20?;;/m0../s1. The molecule has 1 aliphatic rings. The van der Waals surface area contributed by atoms with Gasteiger partial charge in [-0.1, -0.05) is 18.2 Å². The van der Waals surface area contributed by atoms with Crippen molar-refractivity contribution in [2.45, 2.75) is 39.3 Å². The summed E-state index contributed by atoms with van der Waals surface area (Å²) >= 11 is 1.34. The predicted octanol–water partition coefficient (Wildman–Crippen LogP) is 2.51. The third kappa shape index (κ3) is 6.11. The molecule has 170 valence electrons. The van der Waals surface area contributed by atoms with E-state index in [0.717, 1.165) is 22.3 Å². The van der Waals surface area contributed by atoms with Crippen molar-refractivity contribution in [2.24, 2.45) is 0 Å². The Balaban J connectivity index is 0.00000385. The molecule has 2 heterocycles. The third-order valence-electron chi connectivity index (χ3n) is 5.33. The summed E-state index contributed by atoms with van der Waals surface area (Å²) in [5.74, 6) is -2.13. The Hall–Kier alpha value is -2.46. The van der Waals surface area contributed by atoms with Gasteiger partial charge in [-0.3, -0.25) is 14.4 Å². The number of amides is 3. The summed E-state index contributed by atoms with van der Waals surface area (Å²) in [5, 5.41) is 16.3. The molecular weight excluding hydrogens is 453 g/mol. The molecule has 0 bridgehead atoms. The van der Waals surface area contributed by atoms with Gasteiger partial charge in [0.25, 0.3) is 5.91 Å². The molecule has 3 amide bonds. The molecule has 0 saturated heterocycles. The first-order valence-electron chi connectivity index (χ1n) is 10.0. The number of likely N-dealkylation sites (N-methyl/N-ethyl adjacent to an activating group) is 1. The normalized spacial score (nSPS) is 16.5. The summed E-state index contributed by atoms with van der Waals surface area (Å²) in [6, 6.07) is 4.90. The van der Waals surface area contributed by atoms with Gasteiger partial charge >= 0.3 is 41.6 Å². The van der Waals surface area contributed by atoms with E-state index in [1.54, 1.807) is 6.92 Å². The number of thiophene rings is 1. The number of aryl methyl sites for hydroxylation is 2. The van der Waals surface area contributed by atoms with Gasteiger partial charge in [-0.05, 0) is 54.5 Å². The van der Waals surface area contributed by atoms with Crippen LogP contribution in [0.25, 0.3) is 11.1 Å². The van der Waals surface area contributed by atoms with Gasteiger partial charge in [0.05, 0.1) is 12.5 Å². The fourth-order valence-corrected chi connectivity index (χ4v) is 4.70. The van der Waals surface area contributed by atoms with Crippen molar-refractivity contribution >= 4 is 64.6 Å². The van der Waals surface area contributed by atoms with E-state index in [9.17, 15) is 24.3 Å². The van der Waals surface area contributed by atoms with Gasteiger partial charge < -0.3 is 20.6 Å². The second-order valence-corrected chi connectivity index (χ2v) is 8.77. The van der Waals surface area contributed by atoms with Crippen LogP contribution >= 0.6 is 11.3 Å². The van der Waals surface area contributed by atoms with Crippen LogP contribution in [0.2, 0.25) is 0 Å². The molecule has 0 fully saturated rings. The maximum atomic E-state index is 12.6. The number of nitrogens with zero attached hydrogens (tertiary/aromatic N) is 1. The zero-order valence-corrected chi connectivity index (χ0v) is 19.1. The first-order chi connectivity index (χ1) is 15.1. The van der Waals surface area contributed by atoms with Gasteiger partial charge in [-0.2, -0.15) is 0 Å². The molecule has 1 aromatic heterocycles. The Kier molecular flexibility index (Phi) is 9.02. The number of carboxylic acids is 1. The predicted molar refractivity (Wildman–Crippen MR) is 128 cm³/mol. The van der Waals surface area contributed by atoms with Crippen LogP contribution < -0.4 is 10.6 Å². The Bertz CT molecular complexity index is 1110. The molecule has 0 aliphatic carbocycles. The van der Waals surface area contributed by atoms with E-state index in [0.29, 0.717) is 10.5 Å². The number of carbonyl (C=O) groups excluding carboxylic acids is 3. The first-order valence-corrected chi connectivity index (χ1v) is 10.9. The quantitative estimate of drug-likeness (QED) is 0.435. The Morgan fingerprint density at radius 2 is 1.82 bits per heavy atom. The molecule has 33 heavy (non-hydrogen) atoms. The molecule has 2 aromatic rings. The molecule has 3 rings (SSSR count). The number of ketones is 1. The number of benzene rings is 1. The number of hydrogen-bond acceptors (Lipinski definition) is 5. The van der Waals surface area contributed by atoms with Crippen molar-refractivity contribution in [1.82, 2.24) is 15.5 Å². The number of urea groups is 1. The van der Waals surface area contributed by atoms with Crippen molar-refractivity contribution in [3.05, 3.63) is 57.4 Å². The van der Waals surface area contributed by atoms with Crippen LogP contribution in [-0.4, -0.2) is 76.3 Å². The monoisotopic (exact) mass is 479 g/mol.